The number of hydrogen-bond acceptors (Lipinski definition) is 2. The maximum Gasteiger partial charge on any atom is 0.405 e. The van der Waals surface area contributed by atoms with Crippen LogP contribution in [0.2, 0.25) is 0 Å². The van der Waals surface area contributed by atoms with E-state index < -0.39 is 24.3 Å². The minimum Gasteiger partial charge on any atom is -0.332 e. The first-order chi connectivity index (χ1) is 6.81. The van der Waals surface area contributed by atoms with Gasteiger partial charge in [0.15, 0.2) is 0 Å². The summed E-state index contributed by atoms with van der Waals surface area (Å²) in [5.41, 5.74) is -0.449. The van der Waals surface area contributed by atoms with Crippen LogP contribution in [0.1, 0.15) is 13.3 Å². The van der Waals surface area contributed by atoms with Crippen LogP contribution < -0.4 is 16.0 Å². The Morgan fingerprint density at radius 1 is 1.53 bits per heavy atom. The number of amides is 2. The molecule has 1 fully saturated rings. The van der Waals surface area contributed by atoms with Crippen molar-refractivity contribution in [3.8, 4) is 0 Å². The number of halogens is 3. The summed E-state index contributed by atoms with van der Waals surface area (Å²) < 4.78 is 35.3. The standard InChI is InChI=1S/C8H14F3N3O/c1-7(2-3-12-4-7)14-6(15)13-5-8(9,10)11/h12H,2-5H2,1H3,(H2,13,14,15). The van der Waals surface area contributed by atoms with E-state index in [0.717, 1.165) is 6.54 Å². The van der Waals surface area contributed by atoms with E-state index >= 15 is 0 Å². The van der Waals surface area contributed by atoms with Gasteiger partial charge in [0.05, 0.1) is 5.54 Å². The minimum atomic E-state index is -4.37. The van der Waals surface area contributed by atoms with Crippen molar-refractivity contribution in [2.75, 3.05) is 19.6 Å². The third-order valence-electron chi connectivity index (χ3n) is 2.23. The number of nitrogens with one attached hydrogen (secondary N) is 3. The summed E-state index contributed by atoms with van der Waals surface area (Å²) in [6.45, 7) is 1.82. The minimum absolute atomic E-state index is 0.449. The number of alkyl halides is 3. The fraction of sp³-hybridized carbons (Fsp3) is 0.875. The molecule has 1 unspecified atom stereocenters. The number of hydrogen-bond donors (Lipinski definition) is 3. The van der Waals surface area contributed by atoms with E-state index in [0.29, 0.717) is 13.0 Å². The largest absolute Gasteiger partial charge is 0.405 e. The molecule has 0 aromatic heterocycles. The molecular weight excluding hydrogens is 211 g/mol. The Morgan fingerprint density at radius 2 is 2.20 bits per heavy atom. The van der Waals surface area contributed by atoms with E-state index in [-0.39, 0.29) is 0 Å². The van der Waals surface area contributed by atoms with Crippen molar-refractivity contribution in [3.05, 3.63) is 0 Å². The maximum absolute atomic E-state index is 11.8. The van der Waals surface area contributed by atoms with Gasteiger partial charge >= 0.3 is 12.2 Å². The molecule has 1 aliphatic rings. The van der Waals surface area contributed by atoms with Crippen LogP contribution in [0, 0.1) is 0 Å². The summed E-state index contributed by atoms with van der Waals surface area (Å²) in [6.07, 6.45) is -3.65. The molecule has 88 valence electrons. The zero-order chi connectivity index (χ0) is 11.5. The van der Waals surface area contributed by atoms with Crippen LogP contribution in [0.4, 0.5) is 18.0 Å². The highest BCUT2D eigenvalue weighted by Gasteiger charge is 2.32. The summed E-state index contributed by atoms with van der Waals surface area (Å²) in [7, 11) is 0. The highest BCUT2D eigenvalue weighted by molar-refractivity contribution is 5.74. The molecule has 0 spiro atoms. The molecule has 0 aromatic rings. The van der Waals surface area contributed by atoms with E-state index in [4.69, 9.17) is 0 Å². The van der Waals surface area contributed by atoms with Gasteiger partial charge in [0.25, 0.3) is 0 Å². The van der Waals surface area contributed by atoms with Gasteiger partial charge in [-0.15, -0.1) is 0 Å². The van der Waals surface area contributed by atoms with Crippen molar-refractivity contribution >= 4 is 6.03 Å². The summed E-state index contributed by atoms with van der Waals surface area (Å²) in [6, 6.07) is -0.779. The number of carbonyl (C=O) groups is 1. The Kier molecular flexibility index (Phi) is 3.43. The lowest BCUT2D eigenvalue weighted by Gasteiger charge is -2.24. The van der Waals surface area contributed by atoms with Crippen molar-refractivity contribution in [2.24, 2.45) is 0 Å². The van der Waals surface area contributed by atoms with Crippen molar-refractivity contribution in [3.63, 3.8) is 0 Å². The Balaban J connectivity index is 2.30. The Bertz CT molecular complexity index is 236. The molecule has 1 atom stereocenters. The molecule has 0 radical (unpaired) electrons. The predicted molar refractivity (Wildman–Crippen MR) is 48.5 cm³/mol. The smallest absolute Gasteiger partial charge is 0.332 e. The van der Waals surface area contributed by atoms with Gasteiger partial charge in [0, 0.05) is 6.54 Å². The van der Waals surface area contributed by atoms with Crippen LogP contribution in [0.3, 0.4) is 0 Å². The van der Waals surface area contributed by atoms with Gasteiger partial charge < -0.3 is 16.0 Å². The molecule has 0 aromatic carbocycles. The van der Waals surface area contributed by atoms with Crippen molar-refractivity contribution < 1.29 is 18.0 Å². The average molecular weight is 225 g/mol. The fourth-order valence-corrected chi connectivity index (χ4v) is 1.42. The molecular formula is C8H14F3N3O. The van der Waals surface area contributed by atoms with Gasteiger partial charge in [0.1, 0.15) is 6.54 Å². The lowest BCUT2D eigenvalue weighted by atomic mass is 10.0. The predicted octanol–water partition coefficient (Wildman–Crippen LogP) is 0.600. The molecule has 1 aliphatic heterocycles. The Hall–Kier alpha value is -0.980. The first-order valence-electron chi connectivity index (χ1n) is 4.64. The lowest BCUT2D eigenvalue weighted by molar-refractivity contribution is -0.122. The van der Waals surface area contributed by atoms with Crippen LogP contribution >= 0.6 is 0 Å². The molecule has 0 aliphatic carbocycles. The molecule has 15 heavy (non-hydrogen) atoms. The zero-order valence-electron chi connectivity index (χ0n) is 8.37. The average Bonchev–Trinajstić information content (AvgIpc) is 2.47. The highest BCUT2D eigenvalue weighted by atomic mass is 19.4. The van der Waals surface area contributed by atoms with E-state index in [1.54, 1.807) is 12.2 Å². The summed E-state index contributed by atoms with van der Waals surface area (Å²) >= 11 is 0. The summed E-state index contributed by atoms with van der Waals surface area (Å²) in [4.78, 5) is 11.1. The van der Waals surface area contributed by atoms with Gasteiger partial charge in [-0.25, -0.2) is 4.79 Å². The highest BCUT2D eigenvalue weighted by Crippen LogP contribution is 2.14. The molecule has 0 bridgehead atoms. The van der Waals surface area contributed by atoms with E-state index in [9.17, 15) is 18.0 Å². The molecule has 1 rings (SSSR count). The van der Waals surface area contributed by atoms with Gasteiger partial charge in [0.2, 0.25) is 0 Å². The molecule has 4 nitrogen and oxygen atoms in total. The number of rotatable bonds is 2. The summed E-state index contributed by atoms with van der Waals surface area (Å²) in [5, 5.41) is 7.31. The fourth-order valence-electron chi connectivity index (χ4n) is 1.42. The second kappa shape index (κ2) is 4.26. The SMILES string of the molecule is CC1(NC(=O)NCC(F)(F)F)CCNC1. The maximum atomic E-state index is 11.8. The zero-order valence-corrected chi connectivity index (χ0v) is 8.37. The van der Waals surface area contributed by atoms with Crippen molar-refractivity contribution in [1.29, 1.82) is 0 Å². The molecule has 3 N–H and O–H groups in total. The molecule has 1 saturated heterocycles. The topological polar surface area (TPSA) is 53.2 Å². The monoisotopic (exact) mass is 225 g/mol. The van der Waals surface area contributed by atoms with E-state index in [1.165, 1.54) is 0 Å². The second-order valence-corrected chi connectivity index (χ2v) is 3.91. The van der Waals surface area contributed by atoms with Gasteiger partial charge in [-0.05, 0) is 19.9 Å². The van der Waals surface area contributed by atoms with E-state index in [2.05, 4.69) is 10.6 Å². The van der Waals surface area contributed by atoms with Gasteiger partial charge in [-0.1, -0.05) is 0 Å². The van der Waals surface area contributed by atoms with Gasteiger partial charge in [-0.3, -0.25) is 0 Å². The van der Waals surface area contributed by atoms with Crippen LogP contribution in [-0.2, 0) is 0 Å². The van der Waals surface area contributed by atoms with E-state index in [1.807, 2.05) is 0 Å². The number of urea groups is 1. The van der Waals surface area contributed by atoms with Crippen LogP contribution in [0.25, 0.3) is 0 Å². The second-order valence-electron chi connectivity index (χ2n) is 3.91. The van der Waals surface area contributed by atoms with Gasteiger partial charge in [-0.2, -0.15) is 13.2 Å². The summed E-state index contributed by atoms with van der Waals surface area (Å²) in [5.74, 6) is 0. The third kappa shape index (κ3) is 4.37. The quantitative estimate of drug-likeness (QED) is 0.644. The van der Waals surface area contributed by atoms with Crippen LogP contribution in [-0.4, -0.2) is 37.4 Å². The van der Waals surface area contributed by atoms with Crippen LogP contribution in [0.15, 0.2) is 0 Å². The lowest BCUT2D eigenvalue weighted by Crippen LogP contribution is -2.52. The third-order valence-corrected chi connectivity index (χ3v) is 2.23. The first-order valence-corrected chi connectivity index (χ1v) is 4.64. The molecule has 0 saturated carbocycles. The number of carbonyl (C=O) groups excluding carboxylic acids is 1. The van der Waals surface area contributed by atoms with Crippen molar-refractivity contribution in [1.82, 2.24) is 16.0 Å². The van der Waals surface area contributed by atoms with Crippen LogP contribution in [0.5, 0.6) is 0 Å². The van der Waals surface area contributed by atoms with Crippen molar-refractivity contribution in [2.45, 2.75) is 25.1 Å². The normalized spacial score (nSPS) is 26.4. The molecule has 1 heterocycles. The molecule has 2 amide bonds. The molecule has 7 heteroatoms. The Labute approximate surface area is 85.6 Å². The first kappa shape index (κ1) is 12.1. The Morgan fingerprint density at radius 3 is 2.67 bits per heavy atom.